The van der Waals surface area contributed by atoms with Gasteiger partial charge in [0.2, 0.25) is 9.84 Å². The number of rotatable bonds is 5. The number of carbonyl (C=O) groups is 1. The monoisotopic (exact) mass is 500 g/mol. The van der Waals surface area contributed by atoms with E-state index in [1.54, 1.807) is 0 Å². The number of benzene rings is 1. The lowest BCUT2D eigenvalue weighted by Gasteiger charge is -2.09. The maximum absolute atomic E-state index is 13.6. The van der Waals surface area contributed by atoms with Crippen LogP contribution in [0, 0.1) is 16.5 Å². The molecule has 4 rings (SSSR count). The van der Waals surface area contributed by atoms with Crippen LogP contribution in [-0.2, 0) is 14.6 Å². The van der Waals surface area contributed by atoms with Crippen molar-refractivity contribution < 1.29 is 17.9 Å². The third kappa shape index (κ3) is 4.17. The molecule has 0 spiro atoms. The summed E-state index contributed by atoms with van der Waals surface area (Å²) in [6.45, 7) is 1.25. The number of aromatic nitrogens is 4. The number of pyridine rings is 1. The molecule has 2 N–H and O–H groups in total. The summed E-state index contributed by atoms with van der Waals surface area (Å²) in [6.07, 6.45) is 2.44. The Morgan fingerprint density at radius 2 is 2.00 bits per heavy atom. The summed E-state index contributed by atoms with van der Waals surface area (Å²) in [4.78, 5) is 14.4. The largest absolute Gasteiger partial charge is 0.711 e. The molecule has 13 heteroatoms. The Hall–Kier alpha value is -3.79. The molecule has 0 aliphatic rings. The van der Waals surface area contributed by atoms with E-state index in [2.05, 4.69) is 20.5 Å². The Bertz CT molecular complexity index is 1510. The number of aromatic amines is 1. The van der Waals surface area contributed by atoms with Crippen molar-refractivity contribution >= 4 is 44.5 Å². The van der Waals surface area contributed by atoms with E-state index in [1.165, 1.54) is 49.6 Å². The van der Waals surface area contributed by atoms with Crippen LogP contribution in [0.2, 0.25) is 5.02 Å². The topological polar surface area (TPSA) is 156 Å². The molecule has 0 unspecified atom stereocenters. The Morgan fingerprint density at radius 3 is 2.61 bits per heavy atom. The summed E-state index contributed by atoms with van der Waals surface area (Å²) in [5.41, 5.74) is 0.240. The highest BCUT2D eigenvalue weighted by molar-refractivity contribution is 7.92. The summed E-state index contributed by atoms with van der Waals surface area (Å²) >= 11 is 6.89. The maximum atomic E-state index is 13.6. The van der Waals surface area contributed by atoms with Gasteiger partial charge in [0.15, 0.2) is 5.82 Å². The number of hydrogen-bond acceptors (Lipinski definition) is 8. The summed E-state index contributed by atoms with van der Waals surface area (Å²) in [5.74, 6) is -0.371. The lowest BCUT2D eigenvalue weighted by atomic mass is 10.1. The summed E-state index contributed by atoms with van der Waals surface area (Å²) in [5, 5.41) is 32.4. The zero-order valence-corrected chi connectivity index (χ0v) is 19.1. The number of hydrogen-bond donors (Lipinski definition) is 2. The fourth-order valence-corrected chi connectivity index (χ4v) is 6.30. The van der Waals surface area contributed by atoms with Crippen LogP contribution in [-0.4, -0.2) is 29.5 Å². The number of nitrogens with zero attached hydrogens (tertiary/aromatic N) is 4. The second kappa shape index (κ2) is 8.62. The normalized spacial score (nSPS) is 11.2. The van der Waals surface area contributed by atoms with Gasteiger partial charge in [-0.25, -0.2) is 23.3 Å². The fourth-order valence-electron chi connectivity index (χ4n) is 3.08. The first-order valence-corrected chi connectivity index (χ1v) is 11.8. The van der Waals surface area contributed by atoms with Crippen LogP contribution >= 0.6 is 22.9 Å². The second-order valence-corrected chi connectivity index (χ2v) is 10.0. The highest BCUT2D eigenvalue weighted by Gasteiger charge is 2.33. The number of halogens is 1. The molecule has 0 atom stereocenters. The van der Waals surface area contributed by atoms with Crippen LogP contribution in [0.5, 0.6) is 0 Å². The molecule has 0 saturated carbocycles. The van der Waals surface area contributed by atoms with Crippen molar-refractivity contribution in [3.05, 3.63) is 64.7 Å². The molecule has 10 nitrogen and oxygen atoms in total. The number of sulfone groups is 1. The number of thiophene rings is 1. The fraction of sp³-hybridized carbons (Fsp3) is 0.0500. The minimum absolute atomic E-state index is 0.0575. The smallest absolute Gasteiger partial charge is 0.304 e. The zero-order valence-electron chi connectivity index (χ0n) is 16.7. The van der Waals surface area contributed by atoms with E-state index in [9.17, 15) is 23.7 Å². The Balaban J connectivity index is 2.00. The highest BCUT2D eigenvalue weighted by Crippen LogP contribution is 2.45. The Labute approximate surface area is 196 Å². The maximum Gasteiger partial charge on any atom is 0.304 e. The minimum atomic E-state index is -4.17. The van der Waals surface area contributed by atoms with Gasteiger partial charge >= 0.3 is 5.91 Å². The molecule has 1 amide bonds. The van der Waals surface area contributed by atoms with Crippen LogP contribution in [0.25, 0.3) is 21.1 Å². The van der Waals surface area contributed by atoms with Gasteiger partial charge in [0, 0.05) is 23.6 Å². The highest BCUT2D eigenvalue weighted by atomic mass is 35.5. The predicted octanol–water partition coefficient (Wildman–Crippen LogP) is 3.15. The van der Waals surface area contributed by atoms with Crippen molar-refractivity contribution in [3.8, 4) is 27.2 Å². The molecule has 3 aromatic heterocycles. The molecule has 0 radical (unpaired) electrons. The molecule has 0 saturated heterocycles. The number of amides is 1. The first-order valence-electron chi connectivity index (χ1n) is 9.17. The zero-order chi connectivity index (χ0) is 23.8. The van der Waals surface area contributed by atoms with Crippen LogP contribution in [0.3, 0.4) is 0 Å². The Kier molecular flexibility index (Phi) is 5.86. The van der Waals surface area contributed by atoms with Crippen molar-refractivity contribution in [2.24, 2.45) is 0 Å². The summed E-state index contributed by atoms with van der Waals surface area (Å²) in [7, 11) is -4.17. The molecular formula is C20H13ClN6O4S2. The summed E-state index contributed by atoms with van der Waals surface area (Å²) < 4.78 is 27.6. The van der Waals surface area contributed by atoms with Crippen LogP contribution in [0.4, 0.5) is 5.82 Å². The SMILES string of the molecule is CC(=O)Nc1cc(-c2sc(-c3nnc[nH]3)c(S(=O)(=O)c3ccc(Cl)cc3)c2C#N)cc[n+]1[O-]. The first-order chi connectivity index (χ1) is 15.7. The van der Waals surface area contributed by atoms with Gasteiger partial charge in [0.1, 0.15) is 17.3 Å². The van der Waals surface area contributed by atoms with E-state index < -0.39 is 15.7 Å². The molecule has 0 bridgehead atoms. The minimum Gasteiger partial charge on any atom is -0.711 e. The average Bonchev–Trinajstić information content (AvgIpc) is 3.43. The van der Waals surface area contributed by atoms with Gasteiger partial charge in [-0.05, 0) is 30.3 Å². The van der Waals surface area contributed by atoms with Gasteiger partial charge in [-0.2, -0.15) is 5.26 Å². The molecule has 0 aliphatic carbocycles. The number of nitriles is 1. The molecule has 3 heterocycles. The average molecular weight is 501 g/mol. The van der Waals surface area contributed by atoms with Crippen molar-refractivity contribution in [1.29, 1.82) is 5.26 Å². The van der Waals surface area contributed by atoms with E-state index in [-0.39, 0.29) is 36.8 Å². The van der Waals surface area contributed by atoms with Gasteiger partial charge in [0.05, 0.1) is 26.4 Å². The number of carbonyl (C=O) groups excluding carboxylic acids is 1. The molecule has 166 valence electrons. The standard InChI is InChI=1S/C20H13ClN6O4S2/c1-11(28)25-16-8-12(6-7-27(16)29)17-15(9-22)19(18(32-17)20-23-10-24-26-20)33(30,31)14-4-2-13(21)3-5-14/h2-8,10H,1H3,(H,25,28)(H,23,24,26). The van der Waals surface area contributed by atoms with E-state index in [0.717, 1.165) is 17.5 Å². The molecular weight excluding hydrogens is 488 g/mol. The van der Waals surface area contributed by atoms with Gasteiger partial charge < -0.3 is 10.2 Å². The third-order valence-electron chi connectivity index (χ3n) is 4.49. The van der Waals surface area contributed by atoms with E-state index in [0.29, 0.717) is 15.3 Å². The molecule has 4 aromatic rings. The van der Waals surface area contributed by atoms with Crippen molar-refractivity contribution in [1.82, 2.24) is 15.2 Å². The lowest BCUT2D eigenvalue weighted by Crippen LogP contribution is -2.31. The van der Waals surface area contributed by atoms with Crippen molar-refractivity contribution in [2.75, 3.05) is 5.32 Å². The van der Waals surface area contributed by atoms with Gasteiger partial charge in [0.25, 0.3) is 5.82 Å². The van der Waals surface area contributed by atoms with E-state index in [4.69, 9.17) is 11.6 Å². The predicted molar refractivity (Wildman–Crippen MR) is 120 cm³/mol. The first kappa shape index (κ1) is 22.4. The van der Waals surface area contributed by atoms with Gasteiger partial charge in [-0.15, -0.1) is 21.5 Å². The molecule has 0 aliphatic heterocycles. The number of H-pyrrole nitrogens is 1. The summed E-state index contributed by atoms with van der Waals surface area (Å²) in [6, 6.07) is 10.3. The second-order valence-electron chi connectivity index (χ2n) is 6.68. The molecule has 33 heavy (non-hydrogen) atoms. The van der Waals surface area contributed by atoms with Crippen LogP contribution < -0.4 is 10.0 Å². The van der Waals surface area contributed by atoms with E-state index in [1.807, 2.05) is 6.07 Å². The Morgan fingerprint density at radius 1 is 1.27 bits per heavy atom. The van der Waals surface area contributed by atoms with Crippen molar-refractivity contribution in [2.45, 2.75) is 16.7 Å². The van der Waals surface area contributed by atoms with Crippen molar-refractivity contribution in [3.63, 3.8) is 0 Å². The number of anilines is 1. The molecule has 1 aromatic carbocycles. The lowest BCUT2D eigenvalue weighted by molar-refractivity contribution is -0.589. The van der Waals surface area contributed by atoms with Crippen LogP contribution in [0.15, 0.2) is 58.7 Å². The third-order valence-corrected chi connectivity index (χ3v) is 7.95. The van der Waals surface area contributed by atoms with E-state index >= 15 is 0 Å². The number of nitrogens with one attached hydrogen (secondary N) is 2. The molecule has 0 fully saturated rings. The van der Waals surface area contributed by atoms with Gasteiger partial charge in [-0.1, -0.05) is 11.6 Å². The van der Waals surface area contributed by atoms with Crippen LogP contribution in [0.1, 0.15) is 12.5 Å². The van der Waals surface area contributed by atoms with Gasteiger partial charge in [-0.3, -0.25) is 0 Å². The quantitative estimate of drug-likeness (QED) is 0.315.